The molecule has 2 heterocycles. The zero-order valence-electron chi connectivity index (χ0n) is 20.2. The van der Waals surface area contributed by atoms with Crippen molar-refractivity contribution >= 4 is 17.8 Å². The molecule has 1 atom stereocenters. The predicted molar refractivity (Wildman–Crippen MR) is 131 cm³/mol. The van der Waals surface area contributed by atoms with Crippen molar-refractivity contribution in [3.8, 4) is 0 Å². The Morgan fingerprint density at radius 1 is 0.943 bits per heavy atom. The van der Waals surface area contributed by atoms with E-state index in [0.717, 1.165) is 24.8 Å². The molecule has 2 aliphatic rings. The quantitative estimate of drug-likeness (QED) is 0.709. The third-order valence-electron chi connectivity index (χ3n) is 6.85. The lowest BCUT2D eigenvalue weighted by molar-refractivity contribution is -0.131. The van der Waals surface area contributed by atoms with E-state index >= 15 is 0 Å². The number of hydrogen-bond donors (Lipinski definition) is 1. The molecule has 0 saturated carbocycles. The molecule has 2 aliphatic heterocycles. The fraction of sp³-hybridized carbons (Fsp3) is 0.444. The molecule has 7 nitrogen and oxygen atoms in total. The summed E-state index contributed by atoms with van der Waals surface area (Å²) in [5.41, 5.74) is 1.77. The van der Waals surface area contributed by atoms with Crippen molar-refractivity contribution in [2.24, 2.45) is 0 Å². The van der Waals surface area contributed by atoms with Crippen LogP contribution in [0.5, 0.6) is 0 Å². The maximum absolute atomic E-state index is 13.9. The number of carbonyl (C=O) groups is 3. The Hall–Kier alpha value is -3.42. The SMILES string of the molecule is Cc1ccc(C(=O)N2CCN(C(=O)N[C@H](CN3CCCCCC3=O)c3ccccc3)CC2)cc1F. The van der Waals surface area contributed by atoms with Gasteiger partial charge < -0.3 is 20.0 Å². The summed E-state index contributed by atoms with van der Waals surface area (Å²) < 4.78 is 13.9. The lowest BCUT2D eigenvalue weighted by atomic mass is 10.1. The number of urea groups is 1. The number of amides is 4. The number of halogens is 1. The molecule has 0 bridgehead atoms. The maximum Gasteiger partial charge on any atom is 0.318 e. The van der Waals surface area contributed by atoms with Crippen molar-refractivity contribution in [1.29, 1.82) is 0 Å². The Balaban J connectivity index is 1.38. The second-order valence-corrected chi connectivity index (χ2v) is 9.31. The molecule has 0 spiro atoms. The molecule has 4 amide bonds. The summed E-state index contributed by atoms with van der Waals surface area (Å²) in [5, 5.41) is 3.12. The summed E-state index contributed by atoms with van der Waals surface area (Å²) in [4.78, 5) is 43.7. The number of piperazine rings is 1. The van der Waals surface area contributed by atoms with Crippen molar-refractivity contribution in [3.63, 3.8) is 0 Å². The van der Waals surface area contributed by atoms with Gasteiger partial charge in [0, 0.05) is 51.3 Å². The highest BCUT2D eigenvalue weighted by molar-refractivity contribution is 5.94. The van der Waals surface area contributed by atoms with Crippen LogP contribution in [0, 0.1) is 12.7 Å². The van der Waals surface area contributed by atoms with Gasteiger partial charge in [0.05, 0.1) is 6.04 Å². The standard InChI is InChI=1S/C27H33FN4O3/c1-20-11-12-22(18-23(20)28)26(34)30-14-16-31(17-15-30)27(35)29-24(21-8-4-2-5-9-21)19-32-13-7-3-6-10-25(32)33/h2,4-5,8-9,11-12,18,24H,3,6-7,10,13-17,19H2,1H3,(H,29,35)/t24-/m1/s1. The Morgan fingerprint density at radius 3 is 2.37 bits per heavy atom. The van der Waals surface area contributed by atoms with Gasteiger partial charge in [-0.05, 0) is 43.0 Å². The van der Waals surface area contributed by atoms with E-state index in [2.05, 4.69) is 5.32 Å². The van der Waals surface area contributed by atoms with E-state index in [1.807, 2.05) is 35.2 Å². The minimum atomic E-state index is -0.399. The largest absolute Gasteiger partial charge is 0.340 e. The van der Waals surface area contributed by atoms with Crippen LogP contribution >= 0.6 is 0 Å². The van der Waals surface area contributed by atoms with E-state index in [-0.39, 0.29) is 23.9 Å². The molecule has 35 heavy (non-hydrogen) atoms. The Bertz CT molecular complexity index is 1050. The van der Waals surface area contributed by atoms with Crippen LogP contribution in [0.1, 0.15) is 53.2 Å². The molecule has 0 aromatic heterocycles. The van der Waals surface area contributed by atoms with E-state index in [1.54, 1.807) is 28.9 Å². The van der Waals surface area contributed by atoms with Crippen LogP contribution < -0.4 is 5.32 Å². The van der Waals surface area contributed by atoms with Crippen LogP contribution in [0.3, 0.4) is 0 Å². The molecule has 0 aliphatic carbocycles. The fourth-order valence-corrected chi connectivity index (χ4v) is 4.63. The Morgan fingerprint density at radius 2 is 1.66 bits per heavy atom. The van der Waals surface area contributed by atoms with Gasteiger partial charge in [0.15, 0.2) is 0 Å². The number of rotatable bonds is 5. The third-order valence-corrected chi connectivity index (χ3v) is 6.85. The van der Waals surface area contributed by atoms with Gasteiger partial charge in [-0.1, -0.05) is 42.8 Å². The van der Waals surface area contributed by atoms with Gasteiger partial charge in [0.1, 0.15) is 5.82 Å². The first-order valence-electron chi connectivity index (χ1n) is 12.4. The number of nitrogens with one attached hydrogen (secondary N) is 1. The highest BCUT2D eigenvalue weighted by atomic mass is 19.1. The number of likely N-dealkylation sites (tertiary alicyclic amines) is 1. The van der Waals surface area contributed by atoms with Crippen LogP contribution in [0.15, 0.2) is 48.5 Å². The van der Waals surface area contributed by atoms with E-state index in [4.69, 9.17) is 0 Å². The van der Waals surface area contributed by atoms with Crippen molar-refractivity contribution in [3.05, 3.63) is 71.0 Å². The normalized spacial score (nSPS) is 17.7. The highest BCUT2D eigenvalue weighted by Gasteiger charge is 2.28. The number of carbonyl (C=O) groups excluding carboxylic acids is 3. The van der Waals surface area contributed by atoms with Crippen molar-refractivity contribution < 1.29 is 18.8 Å². The molecule has 1 N–H and O–H groups in total. The first-order chi connectivity index (χ1) is 16.9. The fourth-order valence-electron chi connectivity index (χ4n) is 4.63. The summed E-state index contributed by atoms with van der Waals surface area (Å²) in [5.74, 6) is -0.494. The topological polar surface area (TPSA) is 73.0 Å². The van der Waals surface area contributed by atoms with Crippen LogP contribution in [0.4, 0.5) is 9.18 Å². The van der Waals surface area contributed by atoms with Crippen LogP contribution in [0.25, 0.3) is 0 Å². The molecule has 2 saturated heterocycles. The van der Waals surface area contributed by atoms with E-state index < -0.39 is 5.82 Å². The molecule has 186 valence electrons. The summed E-state index contributed by atoms with van der Waals surface area (Å²) in [6.07, 6.45) is 3.48. The number of benzene rings is 2. The minimum Gasteiger partial charge on any atom is -0.340 e. The van der Waals surface area contributed by atoms with Gasteiger partial charge in [-0.2, -0.15) is 0 Å². The van der Waals surface area contributed by atoms with Crippen LogP contribution in [-0.2, 0) is 4.79 Å². The zero-order chi connectivity index (χ0) is 24.8. The smallest absolute Gasteiger partial charge is 0.318 e. The van der Waals surface area contributed by atoms with Crippen LogP contribution in [-0.4, -0.2) is 71.8 Å². The minimum absolute atomic E-state index is 0.136. The zero-order valence-corrected chi connectivity index (χ0v) is 20.2. The second kappa shape index (κ2) is 11.3. The maximum atomic E-state index is 13.9. The third kappa shape index (κ3) is 6.18. The first kappa shape index (κ1) is 24.7. The number of nitrogens with zero attached hydrogens (tertiary/aromatic N) is 3. The summed E-state index contributed by atoms with van der Waals surface area (Å²) in [7, 11) is 0. The summed E-state index contributed by atoms with van der Waals surface area (Å²) in [6, 6.07) is 13.7. The summed E-state index contributed by atoms with van der Waals surface area (Å²) in [6.45, 7) is 4.33. The number of aryl methyl sites for hydroxylation is 1. The number of hydrogen-bond acceptors (Lipinski definition) is 3. The van der Waals surface area contributed by atoms with Gasteiger partial charge in [-0.25, -0.2) is 9.18 Å². The van der Waals surface area contributed by atoms with Gasteiger partial charge in [-0.3, -0.25) is 9.59 Å². The average molecular weight is 481 g/mol. The van der Waals surface area contributed by atoms with Gasteiger partial charge in [-0.15, -0.1) is 0 Å². The molecule has 4 rings (SSSR count). The molecular formula is C27H33FN4O3. The molecule has 2 fully saturated rings. The predicted octanol–water partition coefficient (Wildman–Crippen LogP) is 3.75. The first-order valence-corrected chi connectivity index (χ1v) is 12.4. The van der Waals surface area contributed by atoms with Crippen LogP contribution in [0.2, 0.25) is 0 Å². The Labute approximate surface area is 205 Å². The molecule has 8 heteroatoms. The monoisotopic (exact) mass is 480 g/mol. The van der Waals surface area contributed by atoms with Gasteiger partial charge in [0.2, 0.25) is 5.91 Å². The lowest BCUT2D eigenvalue weighted by Crippen LogP contribution is -2.54. The highest BCUT2D eigenvalue weighted by Crippen LogP contribution is 2.19. The molecule has 0 radical (unpaired) electrons. The van der Waals surface area contributed by atoms with Gasteiger partial charge >= 0.3 is 6.03 Å². The molecular weight excluding hydrogens is 447 g/mol. The van der Waals surface area contributed by atoms with E-state index in [0.29, 0.717) is 56.8 Å². The average Bonchev–Trinajstić information content (AvgIpc) is 3.09. The van der Waals surface area contributed by atoms with Crippen molar-refractivity contribution in [1.82, 2.24) is 20.0 Å². The molecule has 2 aromatic rings. The van der Waals surface area contributed by atoms with Crippen molar-refractivity contribution in [2.45, 2.75) is 38.6 Å². The lowest BCUT2D eigenvalue weighted by Gasteiger charge is -2.36. The molecule has 2 aromatic carbocycles. The molecule has 0 unspecified atom stereocenters. The van der Waals surface area contributed by atoms with Gasteiger partial charge in [0.25, 0.3) is 5.91 Å². The Kier molecular flexibility index (Phi) is 8.00. The summed E-state index contributed by atoms with van der Waals surface area (Å²) >= 11 is 0. The van der Waals surface area contributed by atoms with E-state index in [1.165, 1.54) is 6.07 Å². The van der Waals surface area contributed by atoms with Crippen molar-refractivity contribution in [2.75, 3.05) is 39.3 Å². The second-order valence-electron chi connectivity index (χ2n) is 9.31. The van der Waals surface area contributed by atoms with E-state index in [9.17, 15) is 18.8 Å².